The van der Waals surface area contributed by atoms with Gasteiger partial charge in [0, 0.05) is 25.9 Å². The predicted octanol–water partition coefficient (Wildman–Crippen LogP) is 0.738. The van der Waals surface area contributed by atoms with Crippen LogP contribution in [0.5, 0.6) is 0 Å². The van der Waals surface area contributed by atoms with Crippen LogP contribution in [0.3, 0.4) is 0 Å². The van der Waals surface area contributed by atoms with Gasteiger partial charge in [0.1, 0.15) is 11.6 Å². The Morgan fingerprint density at radius 3 is 2.95 bits per heavy atom. The molecule has 0 bridgehead atoms. The highest BCUT2D eigenvalue weighted by atomic mass is 16.2. The van der Waals surface area contributed by atoms with Gasteiger partial charge in [0.25, 0.3) is 5.91 Å². The molecule has 0 unspecified atom stereocenters. The summed E-state index contributed by atoms with van der Waals surface area (Å²) in [6, 6.07) is 0. The van der Waals surface area contributed by atoms with Crippen molar-refractivity contribution in [1.29, 1.82) is 0 Å². The van der Waals surface area contributed by atoms with E-state index in [9.17, 15) is 4.79 Å². The maximum Gasteiger partial charge on any atom is 0.293 e. The lowest BCUT2D eigenvalue weighted by molar-refractivity contribution is 0.0768. The predicted molar refractivity (Wildman–Crippen MR) is 74.6 cm³/mol. The number of carbonyl (C=O) groups is 1. The van der Waals surface area contributed by atoms with Crippen LogP contribution in [0.1, 0.15) is 54.3 Å². The van der Waals surface area contributed by atoms with Gasteiger partial charge in [-0.15, -0.1) is 15.3 Å². The molecule has 0 aliphatic carbocycles. The van der Waals surface area contributed by atoms with Gasteiger partial charge < -0.3 is 9.47 Å². The van der Waals surface area contributed by atoms with E-state index >= 15 is 0 Å². The Bertz CT molecular complexity index is 657. The first-order valence-electron chi connectivity index (χ1n) is 7.15. The third-order valence-electron chi connectivity index (χ3n) is 3.65. The highest BCUT2D eigenvalue weighted by Gasteiger charge is 2.22. The second kappa shape index (κ2) is 5.27. The van der Waals surface area contributed by atoms with Crippen molar-refractivity contribution < 1.29 is 4.79 Å². The number of hydrogen-bond acceptors (Lipinski definition) is 5. The number of amides is 1. The minimum atomic E-state index is -0.214. The summed E-state index contributed by atoms with van der Waals surface area (Å²) in [7, 11) is 1.73. The second-order valence-corrected chi connectivity index (χ2v) is 5.65. The molecule has 0 atom stereocenters. The molecule has 0 spiro atoms. The number of aromatic nitrogens is 6. The van der Waals surface area contributed by atoms with Gasteiger partial charge in [0.15, 0.2) is 5.82 Å². The summed E-state index contributed by atoms with van der Waals surface area (Å²) in [6.07, 6.45) is 2.05. The van der Waals surface area contributed by atoms with Crippen molar-refractivity contribution in [3.05, 3.63) is 23.3 Å². The molecule has 2 aromatic rings. The fourth-order valence-corrected chi connectivity index (χ4v) is 2.41. The molecule has 3 rings (SSSR count). The van der Waals surface area contributed by atoms with Crippen molar-refractivity contribution in [1.82, 2.24) is 34.8 Å². The molecule has 21 heavy (non-hydrogen) atoms. The van der Waals surface area contributed by atoms with E-state index < -0.39 is 0 Å². The number of fused-ring (bicyclic) bond motifs is 1. The number of nitrogens with one attached hydrogen (secondary N) is 1. The molecule has 1 N–H and O–H groups in total. The van der Waals surface area contributed by atoms with E-state index in [1.54, 1.807) is 11.9 Å². The summed E-state index contributed by atoms with van der Waals surface area (Å²) in [4.78, 5) is 18.1. The summed E-state index contributed by atoms with van der Waals surface area (Å²) in [5.41, 5.74) is 0. The highest BCUT2D eigenvalue weighted by Crippen LogP contribution is 2.15. The van der Waals surface area contributed by atoms with Gasteiger partial charge in [-0.2, -0.15) is 0 Å². The highest BCUT2D eigenvalue weighted by molar-refractivity contribution is 5.90. The Kier molecular flexibility index (Phi) is 3.44. The molecule has 3 heterocycles. The number of H-pyrrole nitrogens is 1. The number of rotatable bonds is 4. The molecule has 0 radical (unpaired) electrons. The fraction of sp³-hybridized carbons (Fsp3) is 0.615. The summed E-state index contributed by atoms with van der Waals surface area (Å²) in [6.45, 7) is 5.34. The first-order chi connectivity index (χ1) is 10.1. The van der Waals surface area contributed by atoms with Crippen LogP contribution in [-0.2, 0) is 19.5 Å². The lowest BCUT2D eigenvalue weighted by Crippen LogP contribution is -2.28. The van der Waals surface area contributed by atoms with Gasteiger partial charge in [-0.1, -0.05) is 13.8 Å². The number of hydrogen-bond donors (Lipinski definition) is 1. The van der Waals surface area contributed by atoms with Crippen molar-refractivity contribution >= 4 is 5.91 Å². The van der Waals surface area contributed by atoms with Crippen LogP contribution < -0.4 is 0 Å². The molecular formula is C13H19N7O. The van der Waals surface area contributed by atoms with Gasteiger partial charge >= 0.3 is 0 Å². The largest absolute Gasteiger partial charge is 0.331 e. The van der Waals surface area contributed by atoms with E-state index in [2.05, 4.69) is 29.9 Å². The van der Waals surface area contributed by atoms with Crippen molar-refractivity contribution in [3.8, 4) is 0 Å². The zero-order valence-electron chi connectivity index (χ0n) is 12.5. The van der Waals surface area contributed by atoms with Crippen LogP contribution in [0.2, 0.25) is 0 Å². The fourth-order valence-electron chi connectivity index (χ4n) is 2.41. The summed E-state index contributed by atoms with van der Waals surface area (Å²) in [5.74, 6) is 2.74. The van der Waals surface area contributed by atoms with Crippen molar-refractivity contribution in [2.24, 2.45) is 0 Å². The maximum atomic E-state index is 12.3. The topological polar surface area (TPSA) is 92.6 Å². The van der Waals surface area contributed by atoms with Crippen LogP contribution in [-0.4, -0.2) is 47.8 Å². The van der Waals surface area contributed by atoms with E-state index in [0.717, 1.165) is 36.9 Å². The third-order valence-corrected chi connectivity index (χ3v) is 3.65. The monoisotopic (exact) mass is 289 g/mol. The van der Waals surface area contributed by atoms with Crippen molar-refractivity contribution in [2.75, 3.05) is 7.05 Å². The molecule has 0 saturated carbocycles. The van der Waals surface area contributed by atoms with Gasteiger partial charge in [0.2, 0.25) is 5.82 Å². The quantitative estimate of drug-likeness (QED) is 0.896. The molecule has 2 aromatic heterocycles. The maximum absolute atomic E-state index is 12.3. The Morgan fingerprint density at radius 2 is 2.24 bits per heavy atom. The normalized spacial score (nSPS) is 13.7. The third kappa shape index (κ3) is 2.53. The second-order valence-electron chi connectivity index (χ2n) is 5.65. The van der Waals surface area contributed by atoms with Crippen molar-refractivity contribution in [2.45, 2.75) is 45.7 Å². The SMILES string of the molecule is CC(C)c1nc(C(=O)N(C)Cc2nnc3n2CCC3)n[nH]1. The average molecular weight is 289 g/mol. The number of aromatic amines is 1. The molecule has 1 aliphatic rings. The molecule has 8 heteroatoms. The summed E-state index contributed by atoms with van der Waals surface area (Å²) < 4.78 is 2.08. The van der Waals surface area contributed by atoms with Crippen LogP contribution >= 0.6 is 0 Å². The molecule has 0 saturated heterocycles. The molecule has 0 fully saturated rings. The van der Waals surface area contributed by atoms with Crippen LogP contribution in [0.15, 0.2) is 0 Å². The standard InChI is InChI=1S/C13H19N7O/c1-8(2)11-14-12(18-17-11)13(21)19(3)7-10-16-15-9-5-4-6-20(9)10/h8H,4-7H2,1-3H3,(H,14,17,18). The molecule has 112 valence electrons. The molecular weight excluding hydrogens is 270 g/mol. The number of nitrogens with zero attached hydrogens (tertiary/aromatic N) is 6. The van der Waals surface area contributed by atoms with Crippen LogP contribution in [0.25, 0.3) is 0 Å². The van der Waals surface area contributed by atoms with E-state index in [0.29, 0.717) is 6.54 Å². The number of carbonyl (C=O) groups excluding carboxylic acids is 1. The zero-order chi connectivity index (χ0) is 15.0. The molecule has 8 nitrogen and oxygen atoms in total. The molecule has 1 aliphatic heterocycles. The van der Waals surface area contributed by atoms with Crippen LogP contribution in [0.4, 0.5) is 0 Å². The molecule has 0 aromatic carbocycles. The van der Waals surface area contributed by atoms with Gasteiger partial charge in [-0.3, -0.25) is 9.89 Å². The van der Waals surface area contributed by atoms with E-state index in [1.165, 1.54) is 0 Å². The van der Waals surface area contributed by atoms with E-state index in [1.807, 2.05) is 13.8 Å². The summed E-state index contributed by atoms with van der Waals surface area (Å²) in [5, 5.41) is 15.1. The number of aryl methyl sites for hydroxylation is 1. The first kappa shape index (κ1) is 13.7. The minimum absolute atomic E-state index is 0.197. The Balaban J connectivity index is 1.72. The first-order valence-corrected chi connectivity index (χ1v) is 7.15. The van der Waals surface area contributed by atoms with E-state index in [4.69, 9.17) is 0 Å². The van der Waals surface area contributed by atoms with Crippen LogP contribution in [0, 0.1) is 0 Å². The van der Waals surface area contributed by atoms with Gasteiger partial charge in [-0.05, 0) is 6.42 Å². The minimum Gasteiger partial charge on any atom is -0.331 e. The average Bonchev–Trinajstić information content (AvgIpc) is 3.15. The zero-order valence-corrected chi connectivity index (χ0v) is 12.5. The smallest absolute Gasteiger partial charge is 0.293 e. The summed E-state index contributed by atoms with van der Waals surface area (Å²) >= 11 is 0. The Morgan fingerprint density at radius 1 is 1.43 bits per heavy atom. The van der Waals surface area contributed by atoms with Crippen molar-refractivity contribution in [3.63, 3.8) is 0 Å². The van der Waals surface area contributed by atoms with Gasteiger partial charge in [-0.25, -0.2) is 4.98 Å². The molecule has 1 amide bonds. The van der Waals surface area contributed by atoms with E-state index in [-0.39, 0.29) is 17.6 Å². The Hall–Kier alpha value is -2.25. The lowest BCUT2D eigenvalue weighted by atomic mass is 10.2. The van der Waals surface area contributed by atoms with Gasteiger partial charge in [0.05, 0.1) is 6.54 Å². The lowest BCUT2D eigenvalue weighted by Gasteiger charge is -2.14. The Labute approximate surface area is 122 Å².